The Morgan fingerprint density at radius 2 is 1.67 bits per heavy atom. The van der Waals surface area contributed by atoms with Gasteiger partial charge in [-0.05, 0) is 30.6 Å². The fourth-order valence-electron chi connectivity index (χ4n) is 1.65. The molecular weight excluding hydrogens is 276 g/mol. The van der Waals surface area contributed by atoms with Gasteiger partial charge >= 0.3 is 0 Å². The van der Waals surface area contributed by atoms with E-state index in [1.54, 1.807) is 0 Å². The molecule has 0 radical (unpaired) electrons. The third kappa shape index (κ3) is 6.16. The van der Waals surface area contributed by atoms with Gasteiger partial charge in [0.15, 0.2) is 8.32 Å². The van der Waals surface area contributed by atoms with Gasteiger partial charge in [-0.1, -0.05) is 63.3 Å². The summed E-state index contributed by atoms with van der Waals surface area (Å²) in [6.07, 6.45) is 4.44. The lowest BCUT2D eigenvalue weighted by molar-refractivity contribution is 0.0814. The highest BCUT2D eigenvalue weighted by molar-refractivity contribution is 6.74. The zero-order valence-electron chi connectivity index (χ0n) is 14.3. The molecule has 0 aliphatic rings. The van der Waals surface area contributed by atoms with Crippen LogP contribution in [0, 0.1) is 0 Å². The van der Waals surface area contributed by atoms with Gasteiger partial charge in [-0.15, -0.1) is 0 Å². The average Bonchev–Trinajstić information content (AvgIpc) is 2.36. The molecule has 1 rings (SSSR count). The molecule has 21 heavy (non-hydrogen) atoms. The Morgan fingerprint density at radius 3 is 2.19 bits per heavy atom. The van der Waals surface area contributed by atoms with Crippen LogP contribution in [0.1, 0.15) is 39.7 Å². The fraction of sp³-hybridized carbons (Fsp3) is 0.556. The minimum Gasteiger partial charge on any atom is -0.417 e. The van der Waals surface area contributed by atoms with Crippen molar-refractivity contribution in [1.82, 2.24) is 0 Å². The second kappa shape index (κ2) is 6.90. The van der Waals surface area contributed by atoms with E-state index in [0.717, 1.165) is 5.56 Å². The van der Waals surface area contributed by atoms with Gasteiger partial charge in [0.05, 0.1) is 5.60 Å². The van der Waals surface area contributed by atoms with Crippen LogP contribution >= 0.6 is 0 Å². The zero-order valence-corrected chi connectivity index (χ0v) is 15.3. The number of benzene rings is 1. The van der Waals surface area contributed by atoms with E-state index in [1.807, 2.05) is 49.4 Å². The molecule has 2 nitrogen and oxygen atoms in total. The van der Waals surface area contributed by atoms with Crippen LogP contribution in [0.25, 0.3) is 6.08 Å². The molecule has 1 aromatic carbocycles. The maximum Gasteiger partial charge on any atom is 0.191 e. The molecule has 0 saturated heterocycles. The Kier molecular flexibility index (Phi) is 5.97. The predicted molar refractivity (Wildman–Crippen MR) is 93.9 cm³/mol. The van der Waals surface area contributed by atoms with Gasteiger partial charge in [-0.25, -0.2) is 0 Å². The van der Waals surface area contributed by atoms with Crippen molar-refractivity contribution < 1.29 is 9.53 Å². The zero-order chi connectivity index (χ0) is 16.1. The largest absolute Gasteiger partial charge is 0.417 e. The minimum atomic E-state index is -1.73. The summed E-state index contributed by atoms with van der Waals surface area (Å²) >= 11 is 0. The topological polar surface area (TPSA) is 29.5 Å². The first-order valence-electron chi connectivity index (χ1n) is 7.64. The van der Waals surface area contributed by atoms with E-state index in [4.69, 9.17) is 4.43 Å². The highest BCUT2D eigenvalue weighted by Gasteiger charge is 2.37. The van der Waals surface area contributed by atoms with E-state index in [-0.39, 0.29) is 5.04 Å². The van der Waals surface area contributed by atoms with Crippen LogP contribution in [0.15, 0.2) is 36.4 Å². The Morgan fingerprint density at radius 1 is 1.10 bits per heavy atom. The molecule has 0 bridgehead atoms. The summed E-state index contributed by atoms with van der Waals surface area (Å²) in [5.74, 6) is 0. The molecule has 0 saturated carbocycles. The molecule has 1 unspecified atom stereocenters. The first kappa shape index (κ1) is 18.1. The van der Waals surface area contributed by atoms with Crippen LogP contribution in [-0.4, -0.2) is 25.6 Å². The molecule has 118 valence electrons. The van der Waals surface area contributed by atoms with Crippen LogP contribution in [0.3, 0.4) is 0 Å². The third-order valence-electron chi connectivity index (χ3n) is 4.31. The lowest BCUT2D eigenvalue weighted by Gasteiger charge is -2.36. The van der Waals surface area contributed by atoms with Crippen molar-refractivity contribution in [3.8, 4) is 0 Å². The summed E-state index contributed by atoms with van der Waals surface area (Å²) in [6.45, 7) is 13.6. The molecule has 1 aromatic rings. The third-order valence-corrected chi connectivity index (χ3v) is 8.85. The first-order valence-corrected chi connectivity index (χ1v) is 10.5. The van der Waals surface area contributed by atoms with Gasteiger partial charge in [0.1, 0.15) is 0 Å². The maximum absolute atomic E-state index is 10.4. The van der Waals surface area contributed by atoms with E-state index in [9.17, 15) is 5.11 Å². The molecule has 3 heteroatoms. The quantitative estimate of drug-likeness (QED) is 0.760. The van der Waals surface area contributed by atoms with E-state index in [2.05, 4.69) is 33.9 Å². The van der Waals surface area contributed by atoms with Gasteiger partial charge in [-0.2, -0.15) is 0 Å². The summed E-state index contributed by atoms with van der Waals surface area (Å²) < 4.78 is 6.13. The molecule has 0 aliphatic carbocycles. The molecule has 0 heterocycles. The number of rotatable bonds is 6. The van der Waals surface area contributed by atoms with Crippen molar-refractivity contribution in [1.29, 1.82) is 0 Å². The summed E-state index contributed by atoms with van der Waals surface area (Å²) in [6, 6.07) is 10.0. The molecule has 0 aromatic heterocycles. The molecule has 0 amide bonds. The van der Waals surface area contributed by atoms with E-state index in [0.29, 0.717) is 13.0 Å². The highest BCUT2D eigenvalue weighted by Crippen LogP contribution is 2.36. The summed E-state index contributed by atoms with van der Waals surface area (Å²) in [5.41, 5.74) is 0.265. The summed E-state index contributed by atoms with van der Waals surface area (Å²) in [5, 5.41) is 10.6. The second-order valence-corrected chi connectivity index (χ2v) is 12.3. The molecule has 1 atom stereocenters. The van der Waals surface area contributed by atoms with Gasteiger partial charge in [0.2, 0.25) is 0 Å². The number of hydrogen-bond donors (Lipinski definition) is 1. The highest BCUT2D eigenvalue weighted by atomic mass is 28.4. The van der Waals surface area contributed by atoms with Crippen LogP contribution in [-0.2, 0) is 4.43 Å². The SMILES string of the molecule is CC(O)(/C=C/c1ccccc1)CCO[Si](C)(C)C(C)(C)C. The lowest BCUT2D eigenvalue weighted by atomic mass is 10.0. The average molecular weight is 307 g/mol. The second-order valence-electron chi connectivity index (χ2n) is 7.46. The number of aliphatic hydroxyl groups is 1. The van der Waals surface area contributed by atoms with E-state index in [1.165, 1.54) is 0 Å². The predicted octanol–water partition coefficient (Wildman–Crippen LogP) is 4.86. The summed E-state index contributed by atoms with van der Waals surface area (Å²) in [7, 11) is -1.73. The lowest BCUT2D eigenvalue weighted by Crippen LogP contribution is -2.41. The van der Waals surface area contributed by atoms with Crippen molar-refractivity contribution in [2.75, 3.05) is 6.61 Å². The Balaban J connectivity index is 2.52. The molecule has 0 aliphatic heterocycles. The molecule has 1 N–H and O–H groups in total. The molecule has 0 spiro atoms. The minimum absolute atomic E-state index is 0.207. The van der Waals surface area contributed by atoms with E-state index >= 15 is 0 Å². The van der Waals surface area contributed by atoms with Crippen LogP contribution in [0.4, 0.5) is 0 Å². The van der Waals surface area contributed by atoms with Gasteiger partial charge in [0, 0.05) is 13.0 Å². The van der Waals surface area contributed by atoms with Crippen molar-refractivity contribution in [3.05, 3.63) is 42.0 Å². The van der Waals surface area contributed by atoms with Crippen molar-refractivity contribution >= 4 is 14.4 Å². The first-order chi connectivity index (χ1) is 9.54. The van der Waals surface area contributed by atoms with Crippen LogP contribution < -0.4 is 0 Å². The Labute approximate surface area is 131 Å². The Hall–Kier alpha value is -0.903. The fourth-order valence-corrected chi connectivity index (χ4v) is 2.70. The van der Waals surface area contributed by atoms with Crippen molar-refractivity contribution in [2.24, 2.45) is 0 Å². The van der Waals surface area contributed by atoms with Crippen molar-refractivity contribution in [3.63, 3.8) is 0 Å². The normalized spacial score (nSPS) is 16.1. The van der Waals surface area contributed by atoms with Gasteiger partial charge < -0.3 is 9.53 Å². The maximum atomic E-state index is 10.4. The summed E-state index contributed by atoms with van der Waals surface area (Å²) in [4.78, 5) is 0. The van der Waals surface area contributed by atoms with Crippen LogP contribution in [0.5, 0.6) is 0 Å². The standard InChI is InChI=1S/C18H30O2Si/c1-17(2,3)21(5,6)20-15-14-18(4,19)13-12-16-10-8-7-9-11-16/h7-13,19H,14-15H2,1-6H3/b13-12+. The van der Waals surface area contributed by atoms with Crippen molar-refractivity contribution in [2.45, 2.75) is 57.8 Å². The monoisotopic (exact) mass is 306 g/mol. The van der Waals surface area contributed by atoms with Gasteiger partial charge in [0.25, 0.3) is 0 Å². The number of hydrogen-bond acceptors (Lipinski definition) is 2. The van der Waals surface area contributed by atoms with Crippen LogP contribution in [0.2, 0.25) is 18.1 Å². The molecule has 0 fully saturated rings. The van der Waals surface area contributed by atoms with E-state index < -0.39 is 13.9 Å². The smallest absolute Gasteiger partial charge is 0.191 e. The Bertz CT molecular complexity index is 456. The molecular formula is C18H30O2Si. The van der Waals surface area contributed by atoms with Gasteiger partial charge in [-0.3, -0.25) is 0 Å².